The van der Waals surface area contributed by atoms with Crippen molar-refractivity contribution in [1.82, 2.24) is 19.7 Å². The Morgan fingerprint density at radius 3 is 2.72 bits per heavy atom. The molecule has 0 unspecified atom stereocenters. The number of rotatable bonds is 2. The highest BCUT2D eigenvalue weighted by atomic mass is 35.5. The highest BCUT2D eigenvalue weighted by molar-refractivity contribution is 6.34. The highest BCUT2D eigenvalue weighted by Gasteiger charge is 2.16. The Bertz CT molecular complexity index is 1140. The van der Waals surface area contributed by atoms with Crippen molar-refractivity contribution in [3.63, 3.8) is 0 Å². The van der Waals surface area contributed by atoms with E-state index in [2.05, 4.69) is 20.5 Å². The SMILES string of the molecule is Cc1cccc2c3nnc(NC(=O)c4ccccc4Cl)nc3n(C)c12. The van der Waals surface area contributed by atoms with Crippen LogP contribution in [0.4, 0.5) is 5.95 Å². The van der Waals surface area contributed by atoms with Crippen molar-refractivity contribution in [3.8, 4) is 0 Å². The molecule has 6 nitrogen and oxygen atoms in total. The molecule has 0 aliphatic rings. The molecule has 2 heterocycles. The Balaban J connectivity index is 1.78. The Morgan fingerprint density at radius 1 is 1.12 bits per heavy atom. The van der Waals surface area contributed by atoms with Crippen molar-refractivity contribution in [2.45, 2.75) is 6.92 Å². The lowest BCUT2D eigenvalue weighted by Crippen LogP contribution is -2.15. The van der Waals surface area contributed by atoms with Gasteiger partial charge in [-0.05, 0) is 24.6 Å². The van der Waals surface area contributed by atoms with Crippen molar-refractivity contribution in [2.75, 3.05) is 5.32 Å². The lowest BCUT2D eigenvalue weighted by molar-refractivity contribution is 0.102. The molecule has 0 aliphatic heterocycles. The zero-order valence-electron chi connectivity index (χ0n) is 13.6. The molecule has 0 fully saturated rings. The first-order chi connectivity index (χ1) is 12.1. The van der Waals surface area contributed by atoms with Gasteiger partial charge in [-0.3, -0.25) is 10.1 Å². The number of hydrogen-bond acceptors (Lipinski definition) is 4. The number of hydrogen-bond donors (Lipinski definition) is 1. The van der Waals surface area contributed by atoms with Gasteiger partial charge in [-0.2, -0.15) is 4.98 Å². The Kier molecular flexibility index (Phi) is 3.62. The van der Waals surface area contributed by atoms with E-state index in [1.807, 2.05) is 36.7 Å². The number of aryl methyl sites for hydroxylation is 2. The molecule has 2 aromatic heterocycles. The van der Waals surface area contributed by atoms with Gasteiger partial charge in [-0.1, -0.05) is 41.9 Å². The summed E-state index contributed by atoms with van der Waals surface area (Å²) in [4.78, 5) is 16.8. The fourth-order valence-corrected chi connectivity index (χ4v) is 3.22. The summed E-state index contributed by atoms with van der Waals surface area (Å²) in [5, 5.41) is 12.3. The van der Waals surface area contributed by atoms with Crippen molar-refractivity contribution < 1.29 is 4.79 Å². The molecule has 0 bridgehead atoms. The molecule has 0 spiro atoms. The number of halogens is 1. The van der Waals surface area contributed by atoms with E-state index >= 15 is 0 Å². The number of anilines is 1. The van der Waals surface area contributed by atoms with Crippen LogP contribution in [0, 0.1) is 6.92 Å². The summed E-state index contributed by atoms with van der Waals surface area (Å²) in [6, 6.07) is 12.8. The monoisotopic (exact) mass is 351 g/mol. The molecule has 25 heavy (non-hydrogen) atoms. The maximum Gasteiger partial charge on any atom is 0.259 e. The van der Waals surface area contributed by atoms with Crippen LogP contribution in [-0.4, -0.2) is 25.7 Å². The number of nitrogens with one attached hydrogen (secondary N) is 1. The topological polar surface area (TPSA) is 72.7 Å². The van der Waals surface area contributed by atoms with Gasteiger partial charge in [0.1, 0.15) is 5.52 Å². The molecule has 0 aliphatic carbocycles. The van der Waals surface area contributed by atoms with Gasteiger partial charge in [0, 0.05) is 12.4 Å². The number of fused-ring (bicyclic) bond motifs is 3. The van der Waals surface area contributed by atoms with Crippen molar-refractivity contribution in [1.29, 1.82) is 0 Å². The Labute approximate surface area is 148 Å². The van der Waals surface area contributed by atoms with Crippen LogP contribution in [0.3, 0.4) is 0 Å². The number of carbonyl (C=O) groups is 1. The number of amides is 1. The van der Waals surface area contributed by atoms with Gasteiger partial charge >= 0.3 is 0 Å². The summed E-state index contributed by atoms with van der Waals surface area (Å²) in [5.74, 6) is -0.234. The molecule has 2 aromatic carbocycles. The van der Waals surface area contributed by atoms with E-state index in [9.17, 15) is 4.79 Å². The second kappa shape index (κ2) is 5.82. The highest BCUT2D eigenvalue weighted by Crippen LogP contribution is 2.27. The van der Waals surface area contributed by atoms with E-state index in [-0.39, 0.29) is 11.9 Å². The summed E-state index contributed by atoms with van der Waals surface area (Å²) in [7, 11) is 1.92. The van der Waals surface area contributed by atoms with Crippen LogP contribution in [-0.2, 0) is 7.05 Å². The van der Waals surface area contributed by atoms with Gasteiger partial charge in [0.15, 0.2) is 5.65 Å². The van der Waals surface area contributed by atoms with Crippen LogP contribution in [0.25, 0.3) is 22.1 Å². The number of benzene rings is 2. The molecule has 0 saturated heterocycles. The largest absolute Gasteiger partial charge is 0.327 e. The minimum absolute atomic E-state index is 0.140. The predicted molar refractivity (Wildman–Crippen MR) is 98.0 cm³/mol. The number of carbonyl (C=O) groups excluding carboxylic acids is 1. The molecule has 0 radical (unpaired) electrons. The number of para-hydroxylation sites is 1. The zero-order valence-corrected chi connectivity index (χ0v) is 14.4. The fourth-order valence-electron chi connectivity index (χ4n) is 2.99. The van der Waals surface area contributed by atoms with Crippen LogP contribution in [0.1, 0.15) is 15.9 Å². The van der Waals surface area contributed by atoms with E-state index in [1.165, 1.54) is 0 Å². The van der Waals surface area contributed by atoms with E-state index < -0.39 is 0 Å². The molecular weight excluding hydrogens is 338 g/mol. The third kappa shape index (κ3) is 2.51. The summed E-state index contributed by atoms with van der Waals surface area (Å²) in [6.07, 6.45) is 0. The van der Waals surface area contributed by atoms with Gasteiger partial charge < -0.3 is 4.57 Å². The molecule has 4 rings (SSSR count). The summed E-state index contributed by atoms with van der Waals surface area (Å²) >= 11 is 6.06. The van der Waals surface area contributed by atoms with Gasteiger partial charge in [0.25, 0.3) is 11.9 Å². The lowest BCUT2D eigenvalue weighted by atomic mass is 10.1. The van der Waals surface area contributed by atoms with E-state index in [1.54, 1.807) is 24.3 Å². The summed E-state index contributed by atoms with van der Waals surface area (Å²) in [6.45, 7) is 2.04. The van der Waals surface area contributed by atoms with E-state index in [0.29, 0.717) is 21.7 Å². The van der Waals surface area contributed by atoms with Crippen LogP contribution in [0.5, 0.6) is 0 Å². The number of aromatic nitrogens is 4. The predicted octanol–water partition coefficient (Wildman–Crippen LogP) is 3.73. The molecule has 0 atom stereocenters. The minimum atomic E-state index is -0.373. The second-order valence-corrected chi connectivity index (χ2v) is 6.18. The second-order valence-electron chi connectivity index (χ2n) is 5.77. The van der Waals surface area contributed by atoms with Gasteiger partial charge in [-0.25, -0.2) is 0 Å². The minimum Gasteiger partial charge on any atom is -0.327 e. The van der Waals surface area contributed by atoms with Crippen LogP contribution < -0.4 is 5.32 Å². The third-order valence-electron chi connectivity index (χ3n) is 4.16. The Hall–Kier alpha value is -2.99. The van der Waals surface area contributed by atoms with Crippen molar-refractivity contribution >= 4 is 45.5 Å². The molecule has 4 aromatic rings. The first-order valence-electron chi connectivity index (χ1n) is 7.70. The maximum atomic E-state index is 12.4. The average molecular weight is 352 g/mol. The maximum absolute atomic E-state index is 12.4. The lowest BCUT2D eigenvalue weighted by Gasteiger charge is -2.05. The molecular formula is C18H14ClN5O. The fraction of sp³-hybridized carbons (Fsp3) is 0.111. The summed E-state index contributed by atoms with van der Waals surface area (Å²) < 4.78 is 1.96. The first-order valence-corrected chi connectivity index (χ1v) is 8.08. The van der Waals surface area contributed by atoms with E-state index in [4.69, 9.17) is 11.6 Å². The average Bonchev–Trinajstić information content (AvgIpc) is 2.89. The Morgan fingerprint density at radius 2 is 1.92 bits per heavy atom. The zero-order chi connectivity index (χ0) is 17.6. The molecule has 1 amide bonds. The molecule has 7 heteroatoms. The molecule has 124 valence electrons. The van der Waals surface area contributed by atoms with Crippen molar-refractivity contribution in [3.05, 3.63) is 58.6 Å². The van der Waals surface area contributed by atoms with E-state index in [0.717, 1.165) is 16.5 Å². The van der Waals surface area contributed by atoms with Gasteiger partial charge in [-0.15, -0.1) is 10.2 Å². The van der Waals surface area contributed by atoms with Gasteiger partial charge in [0.05, 0.1) is 16.1 Å². The quantitative estimate of drug-likeness (QED) is 0.597. The number of nitrogens with zero attached hydrogens (tertiary/aromatic N) is 4. The standard InChI is InChI=1S/C18H14ClN5O/c1-10-6-5-8-12-14-16(24(2)15(10)12)20-18(23-22-14)21-17(25)11-7-3-4-9-13(11)19/h3-9H,1-2H3,(H,20,21,23,25). The smallest absolute Gasteiger partial charge is 0.259 e. The third-order valence-corrected chi connectivity index (χ3v) is 4.49. The molecule has 0 saturated carbocycles. The normalized spacial score (nSPS) is 11.2. The van der Waals surface area contributed by atoms with Gasteiger partial charge in [0.2, 0.25) is 0 Å². The van der Waals surface area contributed by atoms with Crippen LogP contribution >= 0.6 is 11.6 Å². The van der Waals surface area contributed by atoms with Crippen molar-refractivity contribution in [2.24, 2.45) is 7.05 Å². The first kappa shape index (κ1) is 15.5. The van der Waals surface area contributed by atoms with Crippen LogP contribution in [0.2, 0.25) is 5.02 Å². The van der Waals surface area contributed by atoms with Crippen LogP contribution in [0.15, 0.2) is 42.5 Å². The summed E-state index contributed by atoms with van der Waals surface area (Å²) in [5.41, 5.74) is 3.90. The molecule has 1 N–H and O–H groups in total.